The second kappa shape index (κ2) is 5.22. The van der Waals surface area contributed by atoms with Crippen LogP contribution in [-0.2, 0) is 0 Å². The lowest BCUT2D eigenvalue weighted by Gasteiger charge is -2.18. The van der Waals surface area contributed by atoms with Gasteiger partial charge in [0.25, 0.3) is 0 Å². The summed E-state index contributed by atoms with van der Waals surface area (Å²) in [5, 5.41) is 10.4. The number of hydrogen-bond donors (Lipinski definition) is 1. The highest BCUT2D eigenvalue weighted by Crippen LogP contribution is 2.37. The maximum Gasteiger partial charge on any atom is 0.164 e. The molecule has 0 aliphatic heterocycles. The average molecular weight is 296 g/mol. The molecule has 2 rings (SSSR count). The van der Waals surface area contributed by atoms with Crippen molar-refractivity contribution < 1.29 is 4.74 Å². The van der Waals surface area contributed by atoms with Crippen LogP contribution in [0.5, 0.6) is 5.75 Å². The first-order valence-corrected chi connectivity index (χ1v) is 6.26. The fourth-order valence-corrected chi connectivity index (χ4v) is 2.11. The Kier molecular flexibility index (Phi) is 3.81. The Morgan fingerprint density at radius 2 is 2.21 bits per heavy atom. The molecule has 0 saturated carbocycles. The first-order valence-electron chi connectivity index (χ1n) is 5.50. The van der Waals surface area contributed by atoms with Crippen molar-refractivity contribution >= 4 is 34.1 Å². The standard InChI is InChI=1S/C13H11Cl2N3O/c1-13(17,6-16)7-19-12-10(15)5-9(14)8-3-2-4-18-11(8)12/h2-5H,7,17H2,1H3. The van der Waals surface area contributed by atoms with Crippen molar-refractivity contribution in [2.45, 2.75) is 12.5 Å². The summed E-state index contributed by atoms with van der Waals surface area (Å²) in [7, 11) is 0. The molecule has 1 aromatic heterocycles. The van der Waals surface area contributed by atoms with Crippen LogP contribution in [0.15, 0.2) is 24.4 Å². The third-order valence-electron chi connectivity index (χ3n) is 2.52. The molecule has 2 aromatic rings. The quantitative estimate of drug-likeness (QED) is 0.944. The maximum atomic E-state index is 8.87. The number of benzene rings is 1. The van der Waals surface area contributed by atoms with Gasteiger partial charge >= 0.3 is 0 Å². The van der Waals surface area contributed by atoms with E-state index in [1.165, 1.54) is 0 Å². The minimum atomic E-state index is -1.09. The third kappa shape index (κ3) is 2.90. The number of hydrogen-bond acceptors (Lipinski definition) is 4. The van der Waals surface area contributed by atoms with Gasteiger partial charge in [0.05, 0.1) is 16.1 Å². The molecule has 0 bridgehead atoms. The van der Waals surface area contributed by atoms with Gasteiger partial charge < -0.3 is 10.5 Å². The molecule has 0 amide bonds. The van der Waals surface area contributed by atoms with Crippen LogP contribution in [0, 0.1) is 11.3 Å². The predicted octanol–water partition coefficient (Wildman–Crippen LogP) is 3.16. The number of halogens is 2. The molecular formula is C13H11Cl2N3O. The van der Waals surface area contributed by atoms with Crippen LogP contribution >= 0.6 is 23.2 Å². The van der Waals surface area contributed by atoms with Crippen LogP contribution in [0.2, 0.25) is 10.0 Å². The zero-order chi connectivity index (χ0) is 14.0. The second-order valence-electron chi connectivity index (χ2n) is 4.39. The van der Waals surface area contributed by atoms with E-state index >= 15 is 0 Å². The van der Waals surface area contributed by atoms with Gasteiger partial charge in [0, 0.05) is 11.6 Å². The van der Waals surface area contributed by atoms with Gasteiger partial charge in [-0.15, -0.1) is 0 Å². The molecule has 1 heterocycles. The molecule has 0 spiro atoms. The molecular weight excluding hydrogens is 285 g/mol. The first-order chi connectivity index (χ1) is 8.94. The van der Waals surface area contributed by atoms with Crippen LogP contribution in [0.25, 0.3) is 10.9 Å². The van der Waals surface area contributed by atoms with Gasteiger partial charge in [-0.1, -0.05) is 23.2 Å². The lowest BCUT2D eigenvalue weighted by atomic mass is 10.1. The summed E-state index contributed by atoms with van der Waals surface area (Å²) in [6.45, 7) is 1.59. The second-order valence-corrected chi connectivity index (χ2v) is 5.20. The smallest absolute Gasteiger partial charge is 0.164 e. The van der Waals surface area contributed by atoms with Gasteiger partial charge in [0.2, 0.25) is 0 Å². The molecule has 0 saturated heterocycles. The predicted molar refractivity (Wildman–Crippen MR) is 75.5 cm³/mol. The minimum absolute atomic E-state index is 0.0104. The highest BCUT2D eigenvalue weighted by molar-refractivity contribution is 6.39. The summed E-state index contributed by atoms with van der Waals surface area (Å²) in [4.78, 5) is 4.21. The average Bonchev–Trinajstić information content (AvgIpc) is 2.38. The van der Waals surface area contributed by atoms with Gasteiger partial charge in [0.1, 0.15) is 17.7 Å². The number of pyridine rings is 1. The van der Waals surface area contributed by atoms with Gasteiger partial charge in [-0.05, 0) is 25.1 Å². The molecule has 0 aliphatic carbocycles. The molecule has 0 fully saturated rings. The SMILES string of the molecule is CC(N)(C#N)COc1c(Cl)cc(Cl)c2cccnc12. The summed E-state index contributed by atoms with van der Waals surface area (Å²) in [5.41, 5.74) is 5.17. The maximum absolute atomic E-state index is 8.87. The summed E-state index contributed by atoms with van der Waals surface area (Å²) in [5.74, 6) is 0.383. The van der Waals surface area contributed by atoms with E-state index in [1.807, 2.05) is 12.1 Å². The molecule has 1 unspecified atom stereocenters. The van der Waals surface area contributed by atoms with E-state index in [2.05, 4.69) is 4.98 Å². The Balaban J connectivity index is 2.46. The number of nitrogens with two attached hydrogens (primary N) is 1. The van der Waals surface area contributed by atoms with Crippen molar-refractivity contribution in [3.05, 3.63) is 34.4 Å². The van der Waals surface area contributed by atoms with Crippen LogP contribution in [-0.4, -0.2) is 17.1 Å². The number of fused-ring (bicyclic) bond motifs is 1. The Hall–Kier alpha value is -1.54. The van der Waals surface area contributed by atoms with Crippen molar-refractivity contribution in [2.75, 3.05) is 6.61 Å². The molecule has 1 atom stereocenters. The molecule has 0 radical (unpaired) electrons. The Labute approximate surface area is 120 Å². The zero-order valence-corrected chi connectivity index (χ0v) is 11.7. The summed E-state index contributed by atoms with van der Waals surface area (Å²) >= 11 is 12.2. The lowest BCUT2D eigenvalue weighted by molar-refractivity contribution is 0.267. The van der Waals surface area contributed by atoms with Crippen molar-refractivity contribution in [1.29, 1.82) is 5.26 Å². The highest BCUT2D eigenvalue weighted by Gasteiger charge is 2.20. The van der Waals surface area contributed by atoms with Crippen molar-refractivity contribution in [3.63, 3.8) is 0 Å². The van der Waals surface area contributed by atoms with E-state index in [0.29, 0.717) is 21.3 Å². The molecule has 2 N–H and O–H groups in total. The molecule has 1 aromatic carbocycles. The lowest BCUT2D eigenvalue weighted by Crippen LogP contribution is -2.40. The highest BCUT2D eigenvalue weighted by atomic mass is 35.5. The number of ether oxygens (including phenoxy) is 1. The monoisotopic (exact) mass is 295 g/mol. The first kappa shape index (κ1) is 13.9. The zero-order valence-electron chi connectivity index (χ0n) is 10.2. The summed E-state index contributed by atoms with van der Waals surface area (Å²) in [6.07, 6.45) is 1.62. The van der Waals surface area contributed by atoms with Gasteiger partial charge in [-0.3, -0.25) is 4.98 Å². The topological polar surface area (TPSA) is 71.9 Å². The van der Waals surface area contributed by atoms with Crippen LogP contribution < -0.4 is 10.5 Å². The van der Waals surface area contributed by atoms with Gasteiger partial charge in [0.15, 0.2) is 5.75 Å². The summed E-state index contributed by atoms with van der Waals surface area (Å²) < 4.78 is 5.56. The third-order valence-corrected chi connectivity index (χ3v) is 3.12. The van der Waals surface area contributed by atoms with Crippen molar-refractivity contribution in [2.24, 2.45) is 5.73 Å². The Morgan fingerprint density at radius 1 is 1.47 bits per heavy atom. The van der Waals surface area contributed by atoms with E-state index in [0.717, 1.165) is 5.39 Å². The molecule has 98 valence electrons. The fraction of sp³-hybridized carbons (Fsp3) is 0.231. The molecule has 6 heteroatoms. The molecule has 0 aliphatic rings. The number of nitriles is 1. The van der Waals surface area contributed by atoms with Crippen LogP contribution in [0.3, 0.4) is 0 Å². The number of nitrogens with zero attached hydrogens (tertiary/aromatic N) is 2. The Morgan fingerprint density at radius 3 is 2.89 bits per heavy atom. The largest absolute Gasteiger partial charge is 0.487 e. The minimum Gasteiger partial charge on any atom is -0.487 e. The van der Waals surface area contributed by atoms with E-state index in [9.17, 15) is 0 Å². The van der Waals surface area contributed by atoms with Gasteiger partial charge in [-0.2, -0.15) is 5.26 Å². The van der Waals surface area contributed by atoms with Crippen molar-refractivity contribution in [3.8, 4) is 11.8 Å². The normalized spacial score (nSPS) is 13.8. The van der Waals surface area contributed by atoms with E-state index in [-0.39, 0.29) is 6.61 Å². The van der Waals surface area contributed by atoms with Crippen molar-refractivity contribution in [1.82, 2.24) is 4.98 Å². The van der Waals surface area contributed by atoms with E-state index < -0.39 is 5.54 Å². The molecule has 4 nitrogen and oxygen atoms in total. The van der Waals surface area contributed by atoms with E-state index in [4.69, 9.17) is 38.9 Å². The molecule has 19 heavy (non-hydrogen) atoms. The van der Waals surface area contributed by atoms with E-state index in [1.54, 1.807) is 25.3 Å². The fourth-order valence-electron chi connectivity index (χ4n) is 1.54. The van der Waals surface area contributed by atoms with Crippen LogP contribution in [0.4, 0.5) is 0 Å². The van der Waals surface area contributed by atoms with Gasteiger partial charge in [-0.25, -0.2) is 0 Å². The Bertz CT molecular complexity index is 665. The van der Waals surface area contributed by atoms with Crippen LogP contribution in [0.1, 0.15) is 6.92 Å². The summed E-state index contributed by atoms with van der Waals surface area (Å²) in [6, 6.07) is 7.13. The number of aromatic nitrogens is 1. The number of rotatable bonds is 3.